The molecule has 1 fully saturated rings. The summed E-state index contributed by atoms with van der Waals surface area (Å²) in [4.78, 5) is 30.9. The molecule has 0 aliphatic carbocycles. The Labute approximate surface area is 145 Å². The van der Waals surface area contributed by atoms with E-state index in [1.54, 1.807) is 36.5 Å². The fourth-order valence-corrected chi connectivity index (χ4v) is 3.08. The first-order valence-corrected chi connectivity index (χ1v) is 8.29. The number of likely N-dealkylation sites (tertiary alicyclic amines) is 1. The third-order valence-electron chi connectivity index (χ3n) is 4.30. The lowest BCUT2D eigenvalue weighted by molar-refractivity contribution is -0.117. The van der Waals surface area contributed by atoms with Crippen LogP contribution in [0, 0.1) is 0 Å². The highest BCUT2D eigenvalue weighted by Crippen LogP contribution is 2.34. The van der Waals surface area contributed by atoms with Crippen LogP contribution in [0.15, 0.2) is 36.5 Å². The van der Waals surface area contributed by atoms with Crippen LogP contribution in [0.25, 0.3) is 0 Å². The molecule has 2 aromatic rings. The number of carbonyl (C=O) groups excluding carboxylic acids is 2. The topological polar surface area (TPSA) is 83.6 Å². The van der Waals surface area contributed by atoms with Gasteiger partial charge < -0.3 is 15.4 Å². The van der Waals surface area contributed by atoms with Crippen LogP contribution in [0.2, 0.25) is 0 Å². The van der Waals surface area contributed by atoms with Crippen LogP contribution in [0.1, 0.15) is 23.2 Å². The summed E-state index contributed by atoms with van der Waals surface area (Å²) in [5.74, 6) is 0.382. The van der Waals surface area contributed by atoms with E-state index < -0.39 is 0 Å². The average Bonchev–Trinajstić information content (AvgIpc) is 3.05. The van der Waals surface area contributed by atoms with Crippen LogP contribution in [-0.4, -0.2) is 41.3 Å². The van der Waals surface area contributed by atoms with Gasteiger partial charge in [0.05, 0.1) is 12.1 Å². The van der Waals surface area contributed by atoms with Crippen LogP contribution in [0.3, 0.4) is 0 Å². The van der Waals surface area contributed by atoms with Crippen molar-refractivity contribution in [3.8, 4) is 11.6 Å². The number of nitrogens with zero attached hydrogens (tertiary/aromatic N) is 2. The minimum atomic E-state index is -0.294. The molecule has 1 aromatic carbocycles. The van der Waals surface area contributed by atoms with Crippen molar-refractivity contribution in [2.45, 2.75) is 12.8 Å². The third kappa shape index (κ3) is 3.32. The zero-order valence-electron chi connectivity index (χ0n) is 13.6. The lowest BCUT2D eigenvalue weighted by Gasteiger charge is -2.14. The maximum absolute atomic E-state index is 12.4. The van der Waals surface area contributed by atoms with E-state index in [-0.39, 0.29) is 11.8 Å². The Morgan fingerprint density at radius 1 is 1.28 bits per heavy atom. The van der Waals surface area contributed by atoms with Crippen molar-refractivity contribution in [3.63, 3.8) is 0 Å². The highest BCUT2D eigenvalue weighted by Gasteiger charge is 2.22. The average molecular weight is 338 g/mol. The first-order valence-electron chi connectivity index (χ1n) is 8.29. The number of aromatic nitrogens is 1. The molecule has 0 radical (unpaired) electrons. The Hall–Kier alpha value is -2.93. The standard InChI is InChI=1S/C18H18N4O3/c23-16(11-22-8-1-2-9-22)20-12-5-6-15-13(10-12)17(24)21-14-4-3-7-19-18(14)25-15/h3-7,10H,1-2,8-9,11H2,(H,20,23)(H,21,24). The molecule has 0 spiro atoms. The second-order valence-corrected chi connectivity index (χ2v) is 6.15. The van der Waals surface area contributed by atoms with Crippen LogP contribution in [0.5, 0.6) is 11.6 Å². The molecule has 128 valence electrons. The summed E-state index contributed by atoms with van der Waals surface area (Å²) < 4.78 is 5.73. The number of carbonyl (C=O) groups is 2. The van der Waals surface area contributed by atoms with E-state index in [4.69, 9.17) is 4.74 Å². The summed E-state index contributed by atoms with van der Waals surface area (Å²) in [7, 11) is 0. The van der Waals surface area contributed by atoms with Crippen LogP contribution < -0.4 is 15.4 Å². The summed E-state index contributed by atoms with van der Waals surface area (Å²) in [5, 5.41) is 5.62. The van der Waals surface area contributed by atoms with Crippen molar-refractivity contribution in [1.29, 1.82) is 0 Å². The maximum atomic E-state index is 12.4. The molecule has 1 saturated heterocycles. The molecule has 0 bridgehead atoms. The molecule has 0 atom stereocenters. The number of pyridine rings is 1. The van der Waals surface area contributed by atoms with Crippen molar-refractivity contribution < 1.29 is 14.3 Å². The molecule has 1 aromatic heterocycles. The van der Waals surface area contributed by atoms with Crippen molar-refractivity contribution in [2.75, 3.05) is 30.3 Å². The van der Waals surface area contributed by atoms with Gasteiger partial charge in [0, 0.05) is 11.9 Å². The van der Waals surface area contributed by atoms with Gasteiger partial charge >= 0.3 is 0 Å². The van der Waals surface area contributed by atoms with Gasteiger partial charge in [0.1, 0.15) is 11.4 Å². The first-order chi connectivity index (χ1) is 12.2. The van der Waals surface area contributed by atoms with E-state index in [0.29, 0.717) is 35.1 Å². The zero-order chi connectivity index (χ0) is 17.2. The van der Waals surface area contributed by atoms with E-state index in [2.05, 4.69) is 20.5 Å². The lowest BCUT2D eigenvalue weighted by Crippen LogP contribution is -2.30. The Morgan fingerprint density at radius 2 is 2.12 bits per heavy atom. The van der Waals surface area contributed by atoms with Crippen LogP contribution in [0.4, 0.5) is 11.4 Å². The van der Waals surface area contributed by atoms with Gasteiger partial charge in [-0.25, -0.2) is 4.98 Å². The molecule has 25 heavy (non-hydrogen) atoms. The number of ether oxygens (including phenoxy) is 1. The monoisotopic (exact) mass is 338 g/mol. The van der Waals surface area contributed by atoms with Gasteiger partial charge in [0.2, 0.25) is 11.8 Å². The SMILES string of the molecule is O=C(CN1CCCC1)Nc1ccc2c(c1)C(=O)Nc1cccnc1O2. The van der Waals surface area contributed by atoms with Gasteiger partial charge in [-0.2, -0.15) is 0 Å². The smallest absolute Gasteiger partial charge is 0.259 e. The summed E-state index contributed by atoms with van der Waals surface area (Å²) in [6, 6.07) is 8.47. The Morgan fingerprint density at radius 3 is 2.96 bits per heavy atom. The largest absolute Gasteiger partial charge is 0.436 e. The Bertz CT molecular complexity index is 831. The molecule has 2 amide bonds. The van der Waals surface area contributed by atoms with Crippen molar-refractivity contribution in [3.05, 3.63) is 42.1 Å². The summed E-state index contributed by atoms with van der Waals surface area (Å²) in [6.45, 7) is 2.29. The summed E-state index contributed by atoms with van der Waals surface area (Å²) in [6.07, 6.45) is 3.87. The maximum Gasteiger partial charge on any atom is 0.259 e. The molecule has 2 N–H and O–H groups in total. The number of rotatable bonds is 3. The van der Waals surface area contributed by atoms with Gasteiger partial charge in [0.15, 0.2) is 0 Å². The van der Waals surface area contributed by atoms with E-state index in [1.165, 1.54) is 0 Å². The first kappa shape index (κ1) is 15.6. The number of hydrogen-bond acceptors (Lipinski definition) is 5. The highest BCUT2D eigenvalue weighted by molar-refractivity contribution is 6.08. The fraction of sp³-hybridized carbons (Fsp3) is 0.278. The second kappa shape index (κ2) is 6.52. The third-order valence-corrected chi connectivity index (χ3v) is 4.30. The minimum absolute atomic E-state index is 0.0817. The van der Waals surface area contributed by atoms with Gasteiger partial charge in [0.25, 0.3) is 5.91 Å². The molecule has 2 aliphatic heterocycles. The Kier molecular flexibility index (Phi) is 4.07. The number of anilines is 2. The summed E-state index contributed by atoms with van der Waals surface area (Å²) >= 11 is 0. The molecule has 2 aliphatic rings. The van der Waals surface area contributed by atoms with Crippen molar-refractivity contribution in [2.24, 2.45) is 0 Å². The van der Waals surface area contributed by atoms with E-state index in [0.717, 1.165) is 25.9 Å². The van der Waals surface area contributed by atoms with Crippen LogP contribution in [-0.2, 0) is 4.79 Å². The van der Waals surface area contributed by atoms with Gasteiger partial charge in [-0.1, -0.05) is 0 Å². The predicted molar refractivity (Wildman–Crippen MR) is 93.0 cm³/mol. The summed E-state index contributed by atoms with van der Waals surface area (Å²) in [5.41, 5.74) is 1.45. The molecule has 4 rings (SSSR count). The van der Waals surface area contributed by atoms with Gasteiger partial charge in [-0.3, -0.25) is 14.5 Å². The van der Waals surface area contributed by atoms with Gasteiger partial charge in [-0.15, -0.1) is 0 Å². The van der Waals surface area contributed by atoms with Crippen molar-refractivity contribution in [1.82, 2.24) is 9.88 Å². The molecule has 3 heterocycles. The highest BCUT2D eigenvalue weighted by atomic mass is 16.5. The minimum Gasteiger partial charge on any atom is -0.436 e. The van der Waals surface area contributed by atoms with Crippen LogP contribution >= 0.6 is 0 Å². The quantitative estimate of drug-likeness (QED) is 0.898. The van der Waals surface area contributed by atoms with Crippen molar-refractivity contribution >= 4 is 23.2 Å². The number of benzene rings is 1. The predicted octanol–water partition coefficient (Wildman–Crippen LogP) is 2.47. The fourth-order valence-electron chi connectivity index (χ4n) is 3.08. The number of fused-ring (bicyclic) bond motifs is 2. The number of amides is 2. The second-order valence-electron chi connectivity index (χ2n) is 6.15. The zero-order valence-corrected chi connectivity index (χ0v) is 13.6. The molecule has 7 heteroatoms. The van der Waals surface area contributed by atoms with Gasteiger partial charge in [-0.05, 0) is 56.3 Å². The normalized spacial score (nSPS) is 16.2. The number of hydrogen-bond donors (Lipinski definition) is 2. The lowest BCUT2D eigenvalue weighted by atomic mass is 10.1. The van der Waals surface area contributed by atoms with E-state index in [1.807, 2.05) is 0 Å². The molecule has 0 unspecified atom stereocenters. The molecule has 7 nitrogen and oxygen atoms in total. The molecule has 0 saturated carbocycles. The van der Waals surface area contributed by atoms with E-state index in [9.17, 15) is 9.59 Å². The Balaban J connectivity index is 1.53. The molecular weight excluding hydrogens is 320 g/mol. The number of nitrogens with one attached hydrogen (secondary N) is 2. The molecular formula is C18H18N4O3. The van der Waals surface area contributed by atoms with E-state index >= 15 is 0 Å².